The Morgan fingerprint density at radius 3 is 2.65 bits per heavy atom. The van der Waals surface area contributed by atoms with Crippen LogP contribution in [0.25, 0.3) is 11.0 Å². The van der Waals surface area contributed by atoms with E-state index in [4.69, 9.17) is 4.74 Å². The predicted molar refractivity (Wildman–Crippen MR) is 79.7 cm³/mol. The lowest BCUT2D eigenvalue weighted by atomic mass is 10.3. The quantitative estimate of drug-likeness (QED) is 0.679. The van der Waals surface area contributed by atoms with Gasteiger partial charge in [-0.2, -0.15) is 0 Å². The summed E-state index contributed by atoms with van der Waals surface area (Å²) in [6, 6.07) is 9.61. The van der Waals surface area contributed by atoms with Gasteiger partial charge in [-0.05, 0) is 24.3 Å². The van der Waals surface area contributed by atoms with Crippen molar-refractivity contribution >= 4 is 28.4 Å². The minimum absolute atomic E-state index is 0.738. The number of fused-ring (bicyclic) bond motifs is 1. The Hall–Kier alpha value is -2.76. The zero-order valence-electron chi connectivity index (χ0n) is 11.3. The number of benzene rings is 1. The number of nitrogens with zero attached hydrogens (tertiary/aromatic N) is 2. The minimum atomic E-state index is 0.738. The molecule has 0 aliphatic carbocycles. The maximum atomic E-state index is 5.14. The van der Waals surface area contributed by atoms with Crippen LogP contribution in [0.4, 0.5) is 17.3 Å². The van der Waals surface area contributed by atoms with Crippen LogP contribution in [0.5, 0.6) is 5.75 Å². The van der Waals surface area contributed by atoms with Crippen molar-refractivity contribution in [1.29, 1.82) is 0 Å². The number of methoxy groups -OCH3 is 1. The number of rotatable bonds is 4. The highest BCUT2D eigenvalue weighted by Gasteiger charge is 2.07. The third kappa shape index (κ3) is 2.23. The molecular formula is C14H15N5O. The number of hydrogen-bond acceptors (Lipinski definition) is 5. The zero-order valence-corrected chi connectivity index (χ0v) is 11.3. The molecule has 6 nitrogen and oxygen atoms in total. The van der Waals surface area contributed by atoms with Gasteiger partial charge in [0, 0.05) is 18.8 Å². The van der Waals surface area contributed by atoms with Crippen molar-refractivity contribution in [3.05, 3.63) is 36.7 Å². The molecule has 3 aromatic rings. The van der Waals surface area contributed by atoms with Crippen LogP contribution in [-0.4, -0.2) is 29.1 Å². The summed E-state index contributed by atoms with van der Waals surface area (Å²) in [6.07, 6.45) is 1.54. The van der Waals surface area contributed by atoms with E-state index in [1.807, 2.05) is 37.4 Å². The van der Waals surface area contributed by atoms with Crippen LogP contribution in [0.1, 0.15) is 0 Å². The first kappa shape index (κ1) is 12.3. The van der Waals surface area contributed by atoms with E-state index in [1.165, 1.54) is 0 Å². The highest BCUT2D eigenvalue weighted by molar-refractivity contribution is 5.90. The first-order valence-electron chi connectivity index (χ1n) is 6.22. The summed E-state index contributed by atoms with van der Waals surface area (Å²) in [5, 5.41) is 6.32. The maximum absolute atomic E-state index is 5.14. The zero-order chi connectivity index (χ0) is 13.9. The van der Waals surface area contributed by atoms with E-state index in [2.05, 4.69) is 25.6 Å². The van der Waals surface area contributed by atoms with Gasteiger partial charge >= 0.3 is 0 Å². The molecule has 3 rings (SSSR count). The van der Waals surface area contributed by atoms with Crippen LogP contribution >= 0.6 is 0 Å². The SMILES string of the molecule is CNc1cc2ncnc(Nc3ccc(OC)cc3)c2[nH]1. The monoisotopic (exact) mass is 269 g/mol. The highest BCUT2D eigenvalue weighted by Crippen LogP contribution is 2.25. The van der Waals surface area contributed by atoms with Crippen LogP contribution in [0, 0.1) is 0 Å². The average molecular weight is 269 g/mol. The second-order valence-corrected chi connectivity index (χ2v) is 4.27. The fourth-order valence-corrected chi connectivity index (χ4v) is 1.98. The third-order valence-corrected chi connectivity index (χ3v) is 3.04. The highest BCUT2D eigenvalue weighted by atomic mass is 16.5. The van der Waals surface area contributed by atoms with Gasteiger partial charge in [0.25, 0.3) is 0 Å². The van der Waals surface area contributed by atoms with E-state index in [-0.39, 0.29) is 0 Å². The second kappa shape index (κ2) is 5.08. The molecule has 0 unspecified atom stereocenters. The molecule has 20 heavy (non-hydrogen) atoms. The van der Waals surface area contributed by atoms with E-state index in [1.54, 1.807) is 13.4 Å². The summed E-state index contributed by atoms with van der Waals surface area (Å²) < 4.78 is 5.14. The van der Waals surface area contributed by atoms with Crippen LogP contribution in [-0.2, 0) is 0 Å². The summed E-state index contributed by atoms with van der Waals surface area (Å²) >= 11 is 0. The molecule has 0 saturated carbocycles. The van der Waals surface area contributed by atoms with Gasteiger partial charge in [-0.15, -0.1) is 0 Å². The van der Waals surface area contributed by atoms with Crippen LogP contribution in [0.2, 0.25) is 0 Å². The van der Waals surface area contributed by atoms with Gasteiger partial charge < -0.3 is 20.4 Å². The molecule has 6 heteroatoms. The summed E-state index contributed by atoms with van der Waals surface area (Å²) in [6.45, 7) is 0. The van der Waals surface area contributed by atoms with Crippen molar-refractivity contribution in [3.8, 4) is 5.75 Å². The van der Waals surface area contributed by atoms with E-state index >= 15 is 0 Å². The van der Waals surface area contributed by atoms with Gasteiger partial charge in [-0.25, -0.2) is 9.97 Å². The van der Waals surface area contributed by atoms with Gasteiger partial charge in [0.05, 0.1) is 12.6 Å². The van der Waals surface area contributed by atoms with Crippen molar-refractivity contribution in [1.82, 2.24) is 15.0 Å². The first-order chi connectivity index (χ1) is 9.80. The number of H-pyrrole nitrogens is 1. The molecule has 3 N–H and O–H groups in total. The van der Waals surface area contributed by atoms with Crippen molar-refractivity contribution in [3.63, 3.8) is 0 Å². The number of aromatic nitrogens is 3. The van der Waals surface area contributed by atoms with Crippen molar-refractivity contribution < 1.29 is 4.74 Å². The fourth-order valence-electron chi connectivity index (χ4n) is 1.98. The van der Waals surface area contributed by atoms with Crippen molar-refractivity contribution in [2.75, 3.05) is 24.8 Å². The van der Waals surface area contributed by atoms with Crippen LogP contribution in [0.3, 0.4) is 0 Å². The Bertz CT molecular complexity index is 720. The van der Waals surface area contributed by atoms with Gasteiger partial charge in [0.1, 0.15) is 23.4 Å². The molecule has 1 aromatic carbocycles. The van der Waals surface area contributed by atoms with Gasteiger partial charge in [0.15, 0.2) is 5.82 Å². The van der Waals surface area contributed by atoms with Crippen LogP contribution < -0.4 is 15.4 Å². The number of aromatic amines is 1. The lowest BCUT2D eigenvalue weighted by molar-refractivity contribution is 0.415. The fraction of sp³-hybridized carbons (Fsp3) is 0.143. The number of hydrogen-bond donors (Lipinski definition) is 3. The second-order valence-electron chi connectivity index (χ2n) is 4.27. The number of nitrogens with one attached hydrogen (secondary N) is 3. The molecule has 0 bridgehead atoms. The predicted octanol–water partition coefficient (Wildman–Crippen LogP) is 2.75. The molecular weight excluding hydrogens is 254 g/mol. The molecule has 102 valence electrons. The normalized spacial score (nSPS) is 10.5. The summed E-state index contributed by atoms with van der Waals surface area (Å²) in [4.78, 5) is 11.8. The molecule has 0 aliphatic heterocycles. The van der Waals surface area contributed by atoms with Crippen LogP contribution in [0.15, 0.2) is 36.7 Å². The summed E-state index contributed by atoms with van der Waals surface area (Å²) in [5.41, 5.74) is 2.67. The molecule has 0 atom stereocenters. The first-order valence-corrected chi connectivity index (χ1v) is 6.22. The van der Waals surface area contributed by atoms with E-state index in [0.29, 0.717) is 0 Å². The molecule has 0 aliphatic rings. The molecule has 2 aromatic heterocycles. The third-order valence-electron chi connectivity index (χ3n) is 3.04. The lowest BCUT2D eigenvalue weighted by Crippen LogP contribution is -1.95. The van der Waals surface area contributed by atoms with Gasteiger partial charge in [-0.1, -0.05) is 0 Å². The largest absolute Gasteiger partial charge is 0.497 e. The Labute approximate surface area is 116 Å². The Kier molecular flexibility index (Phi) is 3.12. The Morgan fingerprint density at radius 2 is 1.95 bits per heavy atom. The summed E-state index contributed by atoms with van der Waals surface area (Å²) in [7, 11) is 3.50. The molecule has 2 heterocycles. The molecule has 0 radical (unpaired) electrons. The maximum Gasteiger partial charge on any atom is 0.158 e. The van der Waals surface area contributed by atoms with E-state index in [0.717, 1.165) is 34.1 Å². The van der Waals surface area contributed by atoms with Crippen molar-refractivity contribution in [2.45, 2.75) is 0 Å². The minimum Gasteiger partial charge on any atom is -0.497 e. The lowest BCUT2D eigenvalue weighted by Gasteiger charge is -2.07. The molecule has 0 fully saturated rings. The topological polar surface area (TPSA) is 74.9 Å². The summed E-state index contributed by atoms with van der Waals surface area (Å²) in [5.74, 6) is 2.46. The smallest absolute Gasteiger partial charge is 0.158 e. The average Bonchev–Trinajstić information content (AvgIpc) is 2.92. The Balaban J connectivity index is 1.94. The van der Waals surface area contributed by atoms with Gasteiger partial charge in [0.2, 0.25) is 0 Å². The van der Waals surface area contributed by atoms with Crippen molar-refractivity contribution in [2.24, 2.45) is 0 Å². The van der Waals surface area contributed by atoms with Gasteiger partial charge in [-0.3, -0.25) is 0 Å². The molecule has 0 spiro atoms. The standard InChI is InChI=1S/C14H15N5O/c1-15-12-7-11-13(19-12)14(17-8-16-11)18-9-3-5-10(20-2)6-4-9/h3-8,15,19H,1-2H3,(H,16,17,18). The number of ether oxygens (including phenoxy) is 1. The van der Waals surface area contributed by atoms with E-state index in [9.17, 15) is 0 Å². The molecule has 0 saturated heterocycles. The Morgan fingerprint density at radius 1 is 1.15 bits per heavy atom. The number of anilines is 3. The molecule has 0 amide bonds. The van der Waals surface area contributed by atoms with E-state index < -0.39 is 0 Å².